The van der Waals surface area contributed by atoms with Crippen LogP contribution in [0.25, 0.3) is 0 Å². The molecule has 140 valence electrons. The fraction of sp³-hybridized carbons (Fsp3) is 0.524. The van der Waals surface area contributed by atoms with Gasteiger partial charge in [-0.3, -0.25) is 9.59 Å². The summed E-state index contributed by atoms with van der Waals surface area (Å²) in [5.74, 6) is 5.87. The Morgan fingerprint density at radius 3 is 2.46 bits per heavy atom. The minimum Gasteiger partial charge on any atom is -0.378 e. The molecule has 1 heterocycles. The third kappa shape index (κ3) is 5.60. The van der Waals surface area contributed by atoms with Gasteiger partial charge in [0.15, 0.2) is 0 Å². The highest BCUT2D eigenvalue weighted by Crippen LogP contribution is 2.23. The maximum Gasteiger partial charge on any atom is 0.253 e. The smallest absolute Gasteiger partial charge is 0.253 e. The molecular formula is C21H28N2O3. The van der Waals surface area contributed by atoms with Crippen LogP contribution in [-0.4, -0.2) is 46.6 Å². The predicted octanol–water partition coefficient (Wildman–Crippen LogP) is 2.19. The van der Waals surface area contributed by atoms with Gasteiger partial charge in [-0.15, -0.1) is 0 Å². The number of carbonyl (C=O) groups is 2. The fourth-order valence-corrected chi connectivity index (χ4v) is 3.23. The molecule has 1 aromatic rings. The van der Waals surface area contributed by atoms with Gasteiger partial charge in [-0.2, -0.15) is 0 Å². The van der Waals surface area contributed by atoms with Crippen LogP contribution in [0.2, 0.25) is 0 Å². The lowest BCUT2D eigenvalue weighted by Gasteiger charge is -2.17. The number of hydrogen-bond donors (Lipinski definition) is 2. The van der Waals surface area contributed by atoms with Gasteiger partial charge in [0.05, 0.1) is 6.04 Å². The molecule has 0 aromatic heterocycles. The molecule has 0 aliphatic carbocycles. The Morgan fingerprint density at radius 2 is 1.92 bits per heavy atom. The minimum absolute atomic E-state index is 0.0216. The van der Waals surface area contributed by atoms with Crippen LogP contribution in [0.15, 0.2) is 24.3 Å². The van der Waals surface area contributed by atoms with Crippen molar-refractivity contribution in [2.24, 2.45) is 5.92 Å². The Kier molecular flexibility index (Phi) is 6.44. The van der Waals surface area contributed by atoms with Crippen LogP contribution in [-0.2, 0) is 4.79 Å². The van der Waals surface area contributed by atoms with Crippen molar-refractivity contribution >= 4 is 11.8 Å². The predicted molar refractivity (Wildman–Crippen MR) is 102 cm³/mol. The van der Waals surface area contributed by atoms with E-state index in [1.807, 2.05) is 4.90 Å². The Labute approximate surface area is 155 Å². The lowest BCUT2D eigenvalue weighted by Crippen LogP contribution is -2.39. The number of nitrogens with one attached hydrogen (secondary N) is 1. The third-order valence-corrected chi connectivity index (χ3v) is 4.42. The molecular weight excluding hydrogens is 328 g/mol. The minimum atomic E-state index is -1.04. The van der Waals surface area contributed by atoms with Gasteiger partial charge in [0.1, 0.15) is 5.60 Å². The first-order chi connectivity index (χ1) is 12.2. The van der Waals surface area contributed by atoms with Crippen LogP contribution < -0.4 is 5.32 Å². The molecule has 0 bridgehead atoms. The Hall–Kier alpha value is -2.32. The van der Waals surface area contributed by atoms with Gasteiger partial charge >= 0.3 is 0 Å². The van der Waals surface area contributed by atoms with Crippen LogP contribution >= 0.6 is 0 Å². The second kappa shape index (κ2) is 8.37. The lowest BCUT2D eigenvalue weighted by atomic mass is 9.98. The molecule has 5 heteroatoms. The molecule has 0 unspecified atom stereocenters. The summed E-state index contributed by atoms with van der Waals surface area (Å²) in [6.07, 6.45) is 2.01. The fourth-order valence-electron chi connectivity index (χ4n) is 3.23. The maximum absolute atomic E-state index is 12.8. The Balaban J connectivity index is 2.08. The highest BCUT2D eigenvalue weighted by Gasteiger charge is 2.35. The molecule has 0 spiro atoms. The Bertz CT molecular complexity index is 708. The van der Waals surface area contributed by atoms with E-state index in [0.29, 0.717) is 24.6 Å². The molecule has 2 amide bonds. The second-order valence-corrected chi connectivity index (χ2v) is 7.45. The Morgan fingerprint density at radius 1 is 1.27 bits per heavy atom. The molecule has 26 heavy (non-hydrogen) atoms. The van der Waals surface area contributed by atoms with Crippen LogP contribution in [0.1, 0.15) is 56.5 Å². The molecule has 1 aromatic carbocycles. The summed E-state index contributed by atoms with van der Waals surface area (Å²) >= 11 is 0. The molecule has 1 aliphatic heterocycles. The summed E-state index contributed by atoms with van der Waals surface area (Å²) in [4.78, 5) is 26.0. The zero-order valence-corrected chi connectivity index (χ0v) is 16.0. The topological polar surface area (TPSA) is 69.6 Å². The lowest BCUT2D eigenvalue weighted by molar-refractivity contribution is -0.119. The van der Waals surface area contributed by atoms with Gasteiger partial charge in [0, 0.05) is 31.1 Å². The molecule has 0 radical (unpaired) electrons. The van der Waals surface area contributed by atoms with E-state index < -0.39 is 5.60 Å². The largest absolute Gasteiger partial charge is 0.378 e. The average molecular weight is 356 g/mol. The summed E-state index contributed by atoms with van der Waals surface area (Å²) in [5.41, 5.74) is 0.319. The SMILES string of the molecule is CCC[C@@H]1CN(C(=O)c2ccc(C#CC(C)(C)O)cc2)C[C@H]1NC(C)=O. The highest BCUT2D eigenvalue weighted by molar-refractivity contribution is 5.94. The summed E-state index contributed by atoms with van der Waals surface area (Å²) in [5, 5.41) is 12.6. The molecule has 1 aliphatic rings. The van der Waals surface area contributed by atoms with Gasteiger partial charge in [0.2, 0.25) is 5.91 Å². The van der Waals surface area contributed by atoms with E-state index in [4.69, 9.17) is 0 Å². The van der Waals surface area contributed by atoms with E-state index in [2.05, 4.69) is 24.1 Å². The zero-order chi connectivity index (χ0) is 19.3. The molecule has 2 atom stereocenters. The third-order valence-electron chi connectivity index (χ3n) is 4.42. The number of nitrogens with zero attached hydrogens (tertiary/aromatic N) is 1. The van der Waals surface area contributed by atoms with Crippen molar-refractivity contribution in [3.8, 4) is 11.8 Å². The quantitative estimate of drug-likeness (QED) is 0.813. The number of benzene rings is 1. The van der Waals surface area contributed by atoms with Crippen molar-refractivity contribution in [1.29, 1.82) is 0 Å². The van der Waals surface area contributed by atoms with Crippen LogP contribution in [0.3, 0.4) is 0 Å². The van der Waals surface area contributed by atoms with E-state index >= 15 is 0 Å². The van der Waals surface area contributed by atoms with E-state index in [-0.39, 0.29) is 17.9 Å². The summed E-state index contributed by atoms with van der Waals surface area (Å²) < 4.78 is 0. The molecule has 2 N–H and O–H groups in total. The average Bonchev–Trinajstić information content (AvgIpc) is 2.94. The van der Waals surface area contributed by atoms with Crippen molar-refractivity contribution in [1.82, 2.24) is 10.2 Å². The van der Waals surface area contributed by atoms with Gasteiger partial charge in [-0.05, 0) is 50.5 Å². The molecule has 5 nitrogen and oxygen atoms in total. The molecule has 2 rings (SSSR count). The first-order valence-electron chi connectivity index (χ1n) is 9.11. The van der Waals surface area contributed by atoms with Crippen molar-refractivity contribution in [2.45, 2.75) is 52.2 Å². The molecule has 0 saturated carbocycles. The van der Waals surface area contributed by atoms with Crippen molar-refractivity contribution < 1.29 is 14.7 Å². The van der Waals surface area contributed by atoms with Gasteiger partial charge in [0.25, 0.3) is 5.91 Å². The highest BCUT2D eigenvalue weighted by atomic mass is 16.3. The van der Waals surface area contributed by atoms with Gasteiger partial charge in [-0.1, -0.05) is 25.2 Å². The van der Waals surface area contributed by atoms with Crippen LogP contribution in [0.4, 0.5) is 0 Å². The number of rotatable bonds is 4. The van der Waals surface area contributed by atoms with Crippen LogP contribution in [0, 0.1) is 17.8 Å². The van der Waals surface area contributed by atoms with E-state index in [1.165, 1.54) is 6.92 Å². The monoisotopic (exact) mass is 356 g/mol. The zero-order valence-electron chi connectivity index (χ0n) is 16.0. The number of hydrogen-bond acceptors (Lipinski definition) is 3. The number of carbonyl (C=O) groups excluding carboxylic acids is 2. The summed E-state index contributed by atoms with van der Waals surface area (Å²) in [6.45, 7) is 8.10. The number of aliphatic hydroxyl groups is 1. The van der Waals surface area contributed by atoms with Crippen LogP contribution in [0.5, 0.6) is 0 Å². The van der Waals surface area contributed by atoms with Gasteiger partial charge in [-0.25, -0.2) is 0 Å². The normalized spacial score (nSPS) is 19.7. The summed E-state index contributed by atoms with van der Waals surface area (Å²) in [7, 11) is 0. The van der Waals surface area contributed by atoms with E-state index in [1.54, 1.807) is 38.1 Å². The first-order valence-corrected chi connectivity index (χ1v) is 9.11. The number of amides is 2. The second-order valence-electron chi connectivity index (χ2n) is 7.45. The molecule has 1 saturated heterocycles. The molecule has 1 fully saturated rings. The number of likely N-dealkylation sites (tertiary alicyclic amines) is 1. The maximum atomic E-state index is 12.8. The van der Waals surface area contributed by atoms with Crippen molar-refractivity contribution in [3.63, 3.8) is 0 Å². The summed E-state index contributed by atoms with van der Waals surface area (Å²) in [6, 6.07) is 7.12. The first kappa shape index (κ1) is 20.0. The van der Waals surface area contributed by atoms with E-state index in [9.17, 15) is 14.7 Å². The standard InChI is InChI=1S/C21H28N2O3/c1-5-6-18-13-23(14-19(18)22-15(2)24)20(25)17-9-7-16(8-10-17)11-12-21(3,4)26/h7-10,18-19,26H,5-6,13-14H2,1-4H3,(H,22,24)/t18-,19-/m1/s1. The van der Waals surface area contributed by atoms with Gasteiger partial charge < -0.3 is 15.3 Å². The van der Waals surface area contributed by atoms with Crippen molar-refractivity contribution in [2.75, 3.05) is 13.1 Å². The van der Waals surface area contributed by atoms with Crippen molar-refractivity contribution in [3.05, 3.63) is 35.4 Å². The van der Waals surface area contributed by atoms with E-state index in [0.717, 1.165) is 18.4 Å².